The van der Waals surface area contributed by atoms with Crippen molar-refractivity contribution >= 4 is 5.69 Å². The molecule has 2 heterocycles. The van der Waals surface area contributed by atoms with Gasteiger partial charge in [0.1, 0.15) is 0 Å². The number of piperazine rings is 1. The molecule has 0 aliphatic carbocycles. The fourth-order valence-electron chi connectivity index (χ4n) is 2.41. The van der Waals surface area contributed by atoms with Gasteiger partial charge in [-0.25, -0.2) is 0 Å². The minimum Gasteiger partial charge on any atom is -0.364 e. The van der Waals surface area contributed by atoms with Gasteiger partial charge in [-0.1, -0.05) is 6.92 Å². The second-order valence-corrected chi connectivity index (χ2v) is 5.61. The van der Waals surface area contributed by atoms with E-state index in [1.54, 1.807) is 0 Å². The van der Waals surface area contributed by atoms with Crippen LogP contribution in [0, 0.1) is 6.92 Å². The molecule has 1 aliphatic heterocycles. The summed E-state index contributed by atoms with van der Waals surface area (Å²) in [5.41, 5.74) is 2.50. The van der Waals surface area contributed by atoms with Gasteiger partial charge >= 0.3 is 0 Å². The third kappa shape index (κ3) is 2.78. The van der Waals surface area contributed by atoms with E-state index in [1.165, 1.54) is 5.69 Å². The molecule has 0 aromatic carbocycles. The van der Waals surface area contributed by atoms with Crippen molar-refractivity contribution in [1.82, 2.24) is 10.3 Å². The monoisotopic (exact) mass is 233 g/mol. The molecule has 0 radical (unpaired) electrons. The molecule has 1 fully saturated rings. The predicted octanol–water partition coefficient (Wildman–Crippen LogP) is 2.36. The van der Waals surface area contributed by atoms with Crippen molar-refractivity contribution in [3.63, 3.8) is 0 Å². The number of nitrogens with zero attached hydrogens (tertiary/aromatic N) is 2. The number of anilines is 1. The minimum atomic E-state index is 0.177. The van der Waals surface area contributed by atoms with E-state index in [2.05, 4.69) is 48.1 Å². The summed E-state index contributed by atoms with van der Waals surface area (Å²) in [5, 5.41) is 3.61. The number of aromatic nitrogens is 1. The van der Waals surface area contributed by atoms with E-state index in [-0.39, 0.29) is 5.54 Å². The highest BCUT2D eigenvalue weighted by Crippen LogP contribution is 2.24. The fourth-order valence-corrected chi connectivity index (χ4v) is 2.41. The molecule has 1 aromatic rings. The molecule has 2 rings (SSSR count). The zero-order valence-corrected chi connectivity index (χ0v) is 11.3. The van der Waals surface area contributed by atoms with Crippen molar-refractivity contribution in [2.24, 2.45) is 0 Å². The molecule has 1 aliphatic rings. The number of nitrogens with one attached hydrogen (secondary N) is 1. The van der Waals surface area contributed by atoms with Crippen LogP contribution < -0.4 is 10.2 Å². The van der Waals surface area contributed by atoms with E-state index in [1.807, 2.05) is 13.1 Å². The summed E-state index contributed by atoms with van der Waals surface area (Å²) in [6.07, 6.45) is 3.16. The zero-order valence-electron chi connectivity index (χ0n) is 11.3. The SMILES string of the molecule is CCC1CNC(C)(C)CN1c1ccc(C)nc1. The van der Waals surface area contributed by atoms with Crippen LogP contribution in [0.25, 0.3) is 0 Å². The van der Waals surface area contributed by atoms with Crippen molar-refractivity contribution in [2.75, 3.05) is 18.0 Å². The van der Waals surface area contributed by atoms with Gasteiger partial charge < -0.3 is 10.2 Å². The molecule has 94 valence electrons. The van der Waals surface area contributed by atoms with Gasteiger partial charge in [-0.05, 0) is 39.3 Å². The van der Waals surface area contributed by atoms with Crippen LogP contribution in [0.3, 0.4) is 0 Å². The van der Waals surface area contributed by atoms with E-state index in [0.29, 0.717) is 6.04 Å². The normalized spacial score (nSPS) is 23.8. The maximum absolute atomic E-state index is 4.41. The van der Waals surface area contributed by atoms with E-state index < -0.39 is 0 Å². The lowest BCUT2D eigenvalue weighted by atomic mass is 9.97. The molecule has 17 heavy (non-hydrogen) atoms. The summed E-state index contributed by atoms with van der Waals surface area (Å²) in [5.74, 6) is 0. The largest absolute Gasteiger partial charge is 0.364 e. The first kappa shape index (κ1) is 12.4. The highest BCUT2D eigenvalue weighted by Gasteiger charge is 2.31. The van der Waals surface area contributed by atoms with Gasteiger partial charge in [0.25, 0.3) is 0 Å². The third-order valence-corrected chi connectivity index (χ3v) is 3.52. The van der Waals surface area contributed by atoms with Crippen LogP contribution >= 0.6 is 0 Å². The van der Waals surface area contributed by atoms with Crippen molar-refractivity contribution in [1.29, 1.82) is 0 Å². The summed E-state index contributed by atoms with van der Waals surface area (Å²) in [6.45, 7) is 10.9. The van der Waals surface area contributed by atoms with Gasteiger partial charge in [-0.15, -0.1) is 0 Å². The van der Waals surface area contributed by atoms with E-state index in [0.717, 1.165) is 25.2 Å². The van der Waals surface area contributed by atoms with Crippen LogP contribution in [0.4, 0.5) is 5.69 Å². The number of aryl methyl sites for hydroxylation is 1. The summed E-state index contributed by atoms with van der Waals surface area (Å²) in [4.78, 5) is 6.90. The van der Waals surface area contributed by atoms with Gasteiger partial charge in [-0.3, -0.25) is 4.98 Å². The molecule has 1 N–H and O–H groups in total. The van der Waals surface area contributed by atoms with Crippen LogP contribution in [0.5, 0.6) is 0 Å². The molecule has 1 saturated heterocycles. The van der Waals surface area contributed by atoms with Gasteiger partial charge in [0.2, 0.25) is 0 Å². The zero-order chi connectivity index (χ0) is 12.5. The lowest BCUT2D eigenvalue weighted by molar-refractivity contribution is 0.306. The van der Waals surface area contributed by atoms with Crippen LogP contribution in [-0.4, -0.2) is 29.7 Å². The molecule has 3 nitrogen and oxygen atoms in total. The van der Waals surface area contributed by atoms with Crippen molar-refractivity contribution < 1.29 is 0 Å². The first-order valence-corrected chi connectivity index (χ1v) is 6.46. The number of rotatable bonds is 2. The minimum absolute atomic E-state index is 0.177. The third-order valence-electron chi connectivity index (χ3n) is 3.52. The van der Waals surface area contributed by atoms with Gasteiger partial charge in [0.15, 0.2) is 0 Å². The summed E-state index contributed by atoms with van der Waals surface area (Å²) >= 11 is 0. The lowest BCUT2D eigenvalue weighted by Gasteiger charge is -2.45. The van der Waals surface area contributed by atoms with E-state index in [4.69, 9.17) is 0 Å². The number of pyridine rings is 1. The summed E-state index contributed by atoms with van der Waals surface area (Å²) < 4.78 is 0. The molecular formula is C14H23N3. The Labute approximate surface area is 104 Å². The molecular weight excluding hydrogens is 210 g/mol. The average molecular weight is 233 g/mol. The molecule has 3 heteroatoms. The second-order valence-electron chi connectivity index (χ2n) is 5.61. The Morgan fingerprint density at radius 3 is 2.82 bits per heavy atom. The Hall–Kier alpha value is -1.09. The van der Waals surface area contributed by atoms with Gasteiger partial charge in [0.05, 0.1) is 11.9 Å². The van der Waals surface area contributed by atoms with Gasteiger partial charge in [-0.2, -0.15) is 0 Å². The summed E-state index contributed by atoms with van der Waals surface area (Å²) in [6, 6.07) is 4.86. The lowest BCUT2D eigenvalue weighted by Crippen LogP contribution is -2.61. The molecule has 1 atom stereocenters. The Morgan fingerprint density at radius 1 is 1.47 bits per heavy atom. The van der Waals surface area contributed by atoms with Gasteiger partial charge in [0, 0.05) is 30.4 Å². The van der Waals surface area contributed by atoms with E-state index in [9.17, 15) is 0 Å². The molecule has 0 saturated carbocycles. The highest BCUT2D eigenvalue weighted by atomic mass is 15.3. The first-order valence-electron chi connectivity index (χ1n) is 6.46. The van der Waals surface area contributed by atoms with Crippen molar-refractivity contribution in [2.45, 2.75) is 45.7 Å². The molecule has 0 spiro atoms. The van der Waals surface area contributed by atoms with E-state index >= 15 is 0 Å². The fraction of sp³-hybridized carbons (Fsp3) is 0.643. The first-order chi connectivity index (χ1) is 8.02. The summed E-state index contributed by atoms with van der Waals surface area (Å²) in [7, 11) is 0. The number of hydrogen-bond donors (Lipinski definition) is 1. The topological polar surface area (TPSA) is 28.2 Å². The smallest absolute Gasteiger partial charge is 0.0556 e. The van der Waals surface area contributed by atoms with Crippen LogP contribution in [-0.2, 0) is 0 Å². The maximum Gasteiger partial charge on any atom is 0.0556 e. The highest BCUT2D eigenvalue weighted by molar-refractivity contribution is 5.47. The standard InChI is InChI=1S/C14H23N3/c1-5-12-9-16-14(3,4)10-17(12)13-7-6-11(2)15-8-13/h6-8,12,16H,5,9-10H2,1-4H3. The maximum atomic E-state index is 4.41. The Bertz CT molecular complexity index is 370. The molecule has 1 aromatic heterocycles. The van der Waals surface area contributed by atoms with Crippen molar-refractivity contribution in [3.05, 3.63) is 24.0 Å². The quantitative estimate of drug-likeness (QED) is 0.850. The Balaban J connectivity index is 2.23. The Kier molecular flexibility index (Phi) is 3.38. The molecule has 0 amide bonds. The van der Waals surface area contributed by atoms with Crippen LogP contribution in [0.15, 0.2) is 18.3 Å². The Morgan fingerprint density at radius 2 is 2.24 bits per heavy atom. The molecule has 0 bridgehead atoms. The average Bonchev–Trinajstić information content (AvgIpc) is 2.29. The van der Waals surface area contributed by atoms with Crippen LogP contribution in [0.1, 0.15) is 32.9 Å². The second kappa shape index (κ2) is 4.65. The predicted molar refractivity (Wildman–Crippen MR) is 72.5 cm³/mol. The number of hydrogen-bond acceptors (Lipinski definition) is 3. The molecule has 1 unspecified atom stereocenters. The van der Waals surface area contributed by atoms with Crippen molar-refractivity contribution in [3.8, 4) is 0 Å². The van der Waals surface area contributed by atoms with Crippen LogP contribution in [0.2, 0.25) is 0 Å².